The molecule has 0 saturated heterocycles. The van der Waals surface area contributed by atoms with Crippen molar-refractivity contribution in [2.24, 2.45) is 7.05 Å². The summed E-state index contributed by atoms with van der Waals surface area (Å²) < 4.78 is 1.71. The van der Waals surface area contributed by atoms with Gasteiger partial charge in [0.05, 0.1) is 17.6 Å². The van der Waals surface area contributed by atoms with Crippen LogP contribution in [0.3, 0.4) is 0 Å². The molecule has 0 atom stereocenters. The molecular weight excluding hydrogens is 238 g/mol. The van der Waals surface area contributed by atoms with E-state index in [4.69, 9.17) is 5.73 Å². The number of benzene rings is 1. The Kier molecular flexibility index (Phi) is 2.62. The third-order valence-corrected chi connectivity index (χ3v) is 3.85. The molecule has 0 spiro atoms. The minimum atomic E-state index is 0.704. The van der Waals surface area contributed by atoms with Crippen LogP contribution in [0.4, 0.5) is 17.2 Å². The Labute approximate surface area is 113 Å². The van der Waals surface area contributed by atoms with E-state index in [1.54, 1.807) is 4.68 Å². The number of nitrogen functional groups attached to an aromatic ring is 1. The van der Waals surface area contributed by atoms with Crippen molar-refractivity contribution in [3.8, 4) is 11.1 Å². The highest BCUT2D eigenvalue weighted by atomic mass is 15.3. The van der Waals surface area contributed by atoms with Gasteiger partial charge in [0, 0.05) is 45.4 Å². The maximum atomic E-state index is 6.12. The van der Waals surface area contributed by atoms with Crippen LogP contribution >= 0.6 is 0 Å². The van der Waals surface area contributed by atoms with E-state index in [9.17, 15) is 0 Å². The van der Waals surface area contributed by atoms with Crippen LogP contribution in [-0.2, 0) is 7.05 Å². The van der Waals surface area contributed by atoms with Gasteiger partial charge in [0.2, 0.25) is 0 Å². The van der Waals surface area contributed by atoms with Gasteiger partial charge >= 0.3 is 0 Å². The summed E-state index contributed by atoms with van der Waals surface area (Å²) >= 11 is 0. The van der Waals surface area contributed by atoms with E-state index in [-0.39, 0.29) is 0 Å². The van der Waals surface area contributed by atoms with Gasteiger partial charge in [-0.25, -0.2) is 0 Å². The Morgan fingerprint density at radius 3 is 2.47 bits per heavy atom. The molecule has 0 bridgehead atoms. The highest BCUT2D eigenvalue weighted by molar-refractivity contribution is 5.92. The highest BCUT2D eigenvalue weighted by Gasteiger charge is 2.22. The van der Waals surface area contributed by atoms with Gasteiger partial charge < -0.3 is 15.5 Å². The Bertz CT molecular complexity index is 616. The lowest BCUT2D eigenvalue weighted by Gasteiger charge is -2.36. The van der Waals surface area contributed by atoms with Crippen molar-refractivity contribution in [3.63, 3.8) is 0 Å². The molecule has 0 saturated carbocycles. The highest BCUT2D eigenvalue weighted by Crippen LogP contribution is 2.41. The molecule has 3 rings (SSSR count). The van der Waals surface area contributed by atoms with Crippen LogP contribution in [-0.4, -0.2) is 37.0 Å². The predicted molar refractivity (Wildman–Crippen MR) is 79.6 cm³/mol. The van der Waals surface area contributed by atoms with Gasteiger partial charge in [-0.05, 0) is 6.07 Å². The van der Waals surface area contributed by atoms with E-state index in [0.29, 0.717) is 5.82 Å². The molecule has 0 amide bonds. The maximum Gasteiger partial charge on any atom is 0.129 e. The zero-order valence-corrected chi connectivity index (χ0v) is 11.6. The van der Waals surface area contributed by atoms with Crippen molar-refractivity contribution in [1.29, 1.82) is 0 Å². The number of fused-ring (bicyclic) bond motifs is 1. The van der Waals surface area contributed by atoms with Crippen LogP contribution < -0.4 is 15.5 Å². The number of likely N-dealkylation sites (N-methyl/N-ethyl adjacent to an activating group) is 2. The monoisotopic (exact) mass is 257 g/mol. The second kappa shape index (κ2) is 4.19. The van der Waals surface area contributed by atoms with Crippen molar-refractivity contribution in [2.45, 2.75) is 0 Å². The number of hydrogen-bond acceptors (Lipinski definition) is 4. The topological polar surface area (TPSA) is 50.3 Å². The molecule has 0 fully saturated rings. The molecule has 1 aromatic heterocycles. The average Bonchev–Trinajstić information content (AvgIpc) is 2.74. The Morgan fingerprint density at radius 1 is 1.05 bits per heavy atom. The van der Waals surface area contributed by atoms with E-state index in [2.05, 4.69) is 47.2 Å². The molecule has 2 heterocycles. The van der Waals surface area contributed by atoms with Gasteiger partial charge in [-0.1, -0.05) is 12.1 Å². The summed E-state index contributed by atoms with van der Waals surface area (Å²) in [5, 5.41) is 4.25. The lowest BCUT2D eigenvalue weighted by atomic mass is 10.0. The first kappa shape index (κ1) is 11.9. The van der Waals surface area contributed by atoms with Crippen molar-refractivity contribution in [3.05, 3.63) is 24.4 Å². The Hall–Kier alpha value is -2.17. The van der Waals surface area contributed by atoms with Gasteiger partial charge in [0.15, 0.2) is 0 Å². The molecule has 100 valence electrons. The molecule has 2 aromatic rings. The van der Waals surface area contributed by atoms with Crippen LogP contribution in [0, 0.1) is 0 Å². The average molecular weight is 257 g/mol. The summed E-state index contributed by atoms with van der Waals surface area (Å²) in [6.07, 6.45) is 1.84. The molecule has 0 aliphatic carbocycles. The van der Waals surface area contributed by atoms with E-state index in [1.165, 1.54) is 11.4 Å². The summed E-state index contributed by atoms with van der Waals surface area (Å²) in [4.78, 5) is 4.57. The lowest BCUT2D eigenvalue weighted by Crippen LogP contribution is -2.37. The van der Waals surface area contributed by atoms with Crippen LogP contribution in [0.2, 0.25) is 0 Å². The molecule has 1 aliphatic rings. The van der Waals surface area contributed by atoms with Gasteiger partial charge in [-0.3, -0.25) is 4.68 Å². The molecule has 5 nitrogen and oxygen atoms in total. The van der Waals surface area contributed by atoms with Gasteiger partial charge in [0.25, 0.3) is 0 Å². The smallest absolute Gasteiger partial charge is 0.129 e. The summed E-state index contributed by atoms with van der Waals surface area (Å²) in [6.45, 7) is 2.05. The second-order valence-electron chi connectivity index (χ2n) is 5.08. The first-order valence-corrected chi connectivity index (χ1v) is 6.42. The van der Waals surface area contributed by atoms with Crippen molar-refractivity contribution < 1.29 is 0 Å². The number of nitrogens with zero attached hydrogens (tertiary/aromatic N) is 4. The fraction of sp³-hybridized carbons (Fsp3) is 0.357. The van der Waals surface area contributed by atoms with Crippen molar-refractivity contribution in [1.82, 2.24) is 9.78 Å². The SMILES string of the molecule is CN1CCN(C)c2c(-c3cnn(C)c3N)cccc21. The quantitative estimate of drug-likeness (QED) is 0.842. The van der Waals surface area contributed by atoms with Crippen molar-refractivity contribution >= 4 is 17.2 Å². The number of nitrogens with two attached hydrogens (primary N) is 1. The van der Waals surface area contributed by atoms with Crippen LogP contribution in [0.5, 0.6) is 0 Å². The summed E-state index contributed by atoms with van der Waals surface area (Å²) in [7, 11) is 6.12. The molecule has 1 aliphatic heterocycles. The predicted octanol–water partition coefficient (Wildman–Crippen LogP) is 1.56. The molecule has 1 aromatic carbocycles. The Balaban J connectivity index is 2.23. The Morgan fingerprint density at radius 2 is 1.79 bits per heavy atom. The standard InChI is InChI=1S/C14H19N5/c1-17-7-8-18(2)13-10(5-4-6-12(13)17)11-9-16-19(3)14(11)15/h4-6,9H,7-8,15H2,1-3H3. The third kappa shape index (κ3) is 1.73. The third-order valence-electron chi connectivity index (χ3n) is 3.85. The van der Waals surface area contributed by atoms with Gasteiger partial charge in [-0.15, -0.1) is 0 Å². The number of aromatic nitrogens is 2. The van der Waals surface area contributed by atoms with E-state index in [1.807, 2.05) is 13.2 Å². The number of para-hydroxylation sites is 1. The largest absolute Gasteiger partial charge is 0.383 e. The molecule has 0 radical (unpaired) electrons. The van der Waals surface area contributed by atoms with E-state index < -0.39 is 0 Å². The first-order valence-electron chi connectivity index (χ1n) is 6.42. The zero-order chi connectivity index (χ0) is 13.6. The molecule has 2 N–H and O–H groups in total. The number of rotatable bonds is 1. The van der Waals surface area contributed by atoms with Crippen molar-refractivity contribution in [2.75, 3.05) is 42.7 Å². The van der Waals surface area contributed by atoms with Crippen LogP contribution in [0.25, 0.3) is 11.1 Å². The van der Waals surface area contributed by atoms with E-state index in [0.717, 1.165) is 24.2 Å². The fourth-order valence-electron chi connectivity index (χ4n) is 2.64. The van der Waals surface area contributed by atoms with Crippen LogP contribution in [0.15, 0.2) is 24.4 Å². The van der Waals surface area contributed by atoms with Gasteiger partial charge in [0.1, 0.15) is 5.82 Å². The molecule has 0 unspecified atom stereocenters. The number of aryl methyl sites for hydroxylation is 1. The van der Waals surface area contributed by atoms with E-state index >= 15 is 0 Å². The lowest BCUT2D eigenvalue weighted by molar-refractivity contribution is 0.779. The summed E-state index contributed by atoms with van der Waals surface area (Å²) in [5.74, 6) is 0.704. The minimum absolute atomic E-state index is 0.704. The number of hydrogen-bond donors (Lipinski definition) is 1. The number of anilines is 3. The minimum Gasteiger partial charge on any atom is -0.383 e. The summed E-state index contributed by atoms with van der Waals surface area (Å²) in [6, 6.07) is 6.35. The molecular formula is C14H19N5. The molecule has 19 heavy (non-hydrogen) atoms. The normalized spacial score (nSPS) is 14.7. The zero-order valence-electron chi connectivity index (χ0n) is 11.6. The fourth-order valence-corrected chi connectivity index (χ4v) is 2.64. The summed E-state index contributed by atoms with van der Waals surface area (Å²) in [5.41, 5.74) is 10.7. The maximum absolute atomic E-state index is 6.12. The van der Waals surface area contributed by atoms with Crippen LogP contribution in [0.1, 0.15) is 0 Å². The first-order chi connectivity index (χ1) is 9.09. The second-order valence-corrected chi connectivity index (χ2v) is 5.08. The van der Waals surface area contributed by atoms with Gasteiger partial charge in [-0.2, -0.15) is 5.10 Å². The molecule has 5 heteroatoms.